The molecule has 0 saturated carbocycles. The summed E-state index contributed by atoms with van der Waals surface area (Å²) in [7, 11) is -1.66. The van der Waals surface area contributed by atoms with Crippen LogP contribution in [0.2, 0.25) is 0 Å². The predicted octanol–water partition coefficient (Wildman–Crippen LogP) is 3.37. The molecule has 0 radical (unpaired) electrons. The Labute approximate surface area is 162 Å². The van der Waals surface area contributed by atoms with Gasteiger partial charge in [-0.1, -0.05) is 18.2 Å². The summed E-state index contributed by atoms with van der Waals surface area (Å²) in [6.07, 6.45) is 0.620. The van der Waals surface area contributed by atoms with Gasteiger partial charge >= 0.3 is 0 Å². The highest BCUT2D eigenvalue weighted by Crippen LogP contribution is 2.28. The molecule has 0 atom stereocenters. The lowest BCUT2D eigenvalue weighted by molar-refractivity contribution is 0.0992. The van der Waals surface area contributed by atoms with E-state index in [1.54, 1.807) is 37.4 Å². The van der Waals surface area contributed by atoms with Gasteiger partial charge in [-0.3, -0.25) is 9.10 Å². The maximum Gasteiger partial charge on any atom is 0.291 e. The van der Waals surface area contributed by atoms with E-state index in [1.807, 2.05) is 18.2 Å². The first-order chi connectivity index (χ1) is 13.5. The predicted molar refractivity (Wildman–Crippen MR) is 107 cm³/mol. The fraction of sp³-hybridized carbons (Fsp3) is 0.250. The number of anilines is 2. The van der Waals surface area contributed by atoms with Crippen molar-refractivity contribution in [1.29, 1.82) is 0 Å². The molecule has 1 fully saturated rings. The first kappa shape index (κ1) is 18.5. The Morgan fingerprint density at radius 3 is 2.61 bits per heavy atom. The van der Waals surface area contributed by atoms with Crippen molar-refractivity contribution in [3.8, 4) is 0 Å². The van der Waals surface area contributed by atoms with E-state index in [0.29, 0.717) is 35.5 Å². The number of nitrogens with zero attached hydrogens (tertiary/aromatic N) is 1. The Balaban J connectivity index is 1.57. The van der Waals surface area contributed by atoms with Gasteiger partial charge in [-0.05, 0) is 36.8 Å². The number of benzene rings is 2. The fourth-order valence-corrected chi connectivity index (χ4v) is 4.96. The molecule has 0 spiro atoms. The van der Waals surface area contributed by atoms with E-state index in [9.17, 15) is 13.2 Å². The third-order valence-corrected chi connectivity index (χ3v) is 6.58. The van der Waals surface area contributed by atoms with E-state index in [2.05, 4.69) is 5.32 Å². The zero-order chi connectivity index (χ0) is 19.7. The van der Waals surface area contributed by atoms with Crippen LogP contribution >= 0.6 is 0 Å². The summed E-state index contributed by atoms with van der Waals surface area (Å²) < 4.78 is 36.4. The average Bonchev–Trinajstić information content (AvgIpc) is 3.23. The molecule has 1 amide bonds. The van der Waals surface area contributed by atoms with E-state index < -0.39 is 10.0 Å². The Kier molecular flexibility index (Phi) is 4.82. The monoisotopic (exact) mass is 400 g/mol. The number of nitrogens with one attached hydrogen (secondary N) is 1. The SMILES string of the molecule is COCc1c(C(=O)Nc2ccc(N3CCCS3(=O)=O)cc2)oc2ccccc12. The highest BCUT2D eigenvalue weighted by atomic mass is 32.2. The molecule has 4 rings (SSSR count). The number of carbonyl (C=O) groups excluding carboxylic acids is 1. The molecule has 1 N–H and O–H groups in total. The summed E-state index contributed by atoms with van der Waals surface area (Å²) in [5.74, 6) is -0.0150. The van der Waals surface area contributed by atoms with E-state index in [1.165, 1.54) is 4.31 Å². The number of rotatable bonds is 5. The van der Waals surface area contributed by atoms with Gasteiger partial charge in [0.05, 0.1) is 18.0 Å². The molecule has 2 heterocycles. The van der Waals surface area contributed by atoms with E-state index in [0.717, 1.165) is 5.39 Å². The first-order valence-corrected chi connectivity index (χ1v) is 10.5. The molecule has 1 aromatic heterocycles. The summed E-state index contributed by atoms with van der Waals surface area (Å²) in [4.78, 5) is 12.8. The van der Waals surface area contributed by atoms with Gasteiger partial charge in [0.2, 0.25) is 10.0 Å². The van der Waals surface area contributed by atoms with Crippen molar-refractivity contribution in [3.63, 3.8) is 0 Å². The molecule has 1 aliphatic heterocycles. The number of fused-ring (bicyclic) bond motifs is 1. The Bertz CT molecular complexity index is 1120. The minimum atomic E-state index is -3.23. The fourth-order valence-electron chi connectivity index (χ4n) is 3.40. The minimum absolute atomic E-state index is 0.166. The van der Waals surface area contributed by atoms with Crippen LogP contribution in [0.1, 0.15) is 22.5 Å². The van der Waals surface area contributed by atoms with Crippen molar-refractivity contribution in [2.75, 3.05) is 29.0 Å². The van der Waals surface area contributed by atoms with Crippen LogP contribution in [0.5, 0.6) is 0 Å². The highest BCUT2D eigenvalue weighted by molar-refractivity contribution is 7.93. The lowest BCUT2D eigenvalue weighted by Crippen LogP contribution is -2.25. The number of sulfonamides is 1. The van der Waals surface area contributed by atoms with Crippen LogP contribution in [0.15, 0.2) is 52.9 Å². The molecule has 0 bridgehead atoms. The summed E-state index contributed by atoms with van der Waals surface area (Å²) in [6, 6.07) is 14.1. The van der Waals surface area contributed by atoms with E-state index in [4.69, 9.17) is 9.15 Å². The number of hydrogen-bond acceptors (Lipinski definition) is 5. The zero-order valence-electron chi connectivity index (χ0n) is 15.3. The molecule has 1 saturated heterocycles. The third kappa shape index (κ3) is 3.36. The van der Waals surface area contributed by atoms with Gasteiger partial charge in [-0.15, -0.1) is 0 Å². The third-order valence-electron chi connectivity index (χ3n) is 4.71. The number of hydrogen-bond donors (Lipinski definition) is 1. The standard InChI is InChI=1S/C20H20N2O5S/c1-26-13-17-16-5-2-3-6-18(16)27-19(17)20(23)21-14-7-9-15(10-8-14)22-11-4-12-28(22,24)25/h2-3,5-10H,4,11-13H2,1H3,(H,21,23). The van der Waals surface area contributed by atoms with Crippen molar-refractivity contribution >= 4 is 38.3 Å². The van der Waals surface area contributed by atoms with Crippen LogP contribution in [0.4, 0.5) is 11.4 Å². The highest BCUT2D eigenvalue weighted by Gasteiger charge is 2.28. The van der Waals surface area contributed by atoms with E-state index >= 15 is 0 Å². The summed E-state index contributed by atoms with van der Waals surface area (Å²) >= 11 is 0. The topological polar surface area (TPSA) is 88.9 Å². The summed E-state index contributed by atoms with van der Waals surface area (Å²) in [5.41, 5.74) is 2.46. The number of amides is 1. The second-order valence-electron chi connectivity index (χ2n) is 6.58. The molecule has 146 valence electrons. The van der Waals surface area contributed by atoms with Crippen LogP contribution < -0.4 is 9.62 Å². The normalized spacial score (nSPS) is 15.8. The number of furan rings is 1. The van der Waals surface area contributed by atoms with Gasteiger partial charge in [-0.2, -0.15) is 0 Å². The van der Waals surface area contributed by atoms with Crippen molar-refractivity contribution in [3.05, 3.63) is 59.9 Å². The first-order valence-electron chi connectivity index (χ1n) is 8.91. The molecule has 0 unspecified atom stereocenters. The van der Waals surface area contributed by atoms with Crippen LogP contribution in [0, 0.1) is 0 Å². The Morgan fingerprint density at radius 2 is 1.93 bits per heavy atom. The molecule has 3 aromatic rings. The lowest BCUT2D eigenvalue weighted by Gasteiger charge is -2.17. The zero-order valence-corrected chi connectivity index (χ0v) is 16.2. The van der Waals surface area contributed by atoms with Crippen molar-refractivity contribution in [2.24, 2.45) is 0 Å². The van der Waals surface area contributed by atoms with E-state index in [-0.39, 0.29) is 24.0 Å². The molecular formula is C20H20N2O5S. The maximum absolute atomic E-state index is 12.8. The molecule has 2 aromatic carbocycles. The number of carbonyl (C=O) groups is 1. The molecule has 28 heavy (non-hydrogen) atoms. The molecule has 7 nitrogen and oxygen atoms in total. The molecular weight excluding hydrogens is 380 g/mol. The number of para-hydroxylation sites is 1. The smallest absolute Gasteiger partial charge is 0.291 e. The van der Waals surface area contributed by atoms with Gasteiger partial charge in [0, 0.05) is 30.3 Å². The van der Waals surface area contributed by atoms with Crippen molar-refractivity contribution in [2.45, 2.75) is 13.0 Å². The van der Waals surface area contributed by atoms with Gasteiger partial charge in [0.1, 0.15) is 5.58 Å². The minimum Gasteiger partial charge on any atom is -0.451 e. The molecule has 0 aliphatic carbocycles. The summed E-state index contributed by atoms with van der Waals surface area (Å²) in [5, 5.41) is 3.64. The van der Waals surface area contributed by atoms with Crippen LogP contribution in [-0.2, 0) is 21.4 Å². The quantitative estimate of drug-likeness (QED) is 0.709. The van der Waals surface area contributed by atoms with Crippen LogP contribution in [0.3, 0.4) is 0 Å². The van der Waals surface area contributed by atoms with Gasteiger partial charge in [0.15, 0.2) is 5.76 Å². The molecule has 8 heteroatoms. The molecule has 1 aliphatic rings. The second kappa shape index (κ2) is 7.29. The van der Waals surface area contributed by atoms with Crippen LogP contribution in [0.25, 0.3) is 11.0 Å². The number of ether oxygens (including phenoxy) is 1. The van der Waals surface area contributed by atoms with Crippen LogP contribution in [-0.4, -0.2) is 33.7 Å². The second-order valence-corrected chi connectivity index (χ2v) is 8.59. The van der Waals surface area contributed by atoms with Crippen molar-refractivity contribution in [1.82, 2.24) is 0 Å². The lowest BCUT2D eigenvalue weighted by atomic mass is 10.1. The number of methoxy groups -OCH3 is 1. The van der Waals surface area contributed by atoms with Crippen molar-refractivity contribution < 1.29 is 22.4 Å². The van der Waals surface area contributed by atoms with Gasteiger partial charge in [-0.25, -0.2) is 8.42 Å². The average molecular weight is 400 g/mol. The van der Waals surface area contributed by atoms with Gasteiger partial charge < -0.3 is 14.5 Å². The Morgan fingerprint density at radius 1 is 1.18 bits per heavy atom. The summed E-state index contributed by atoms with van der Waals surface area (Å²) in [6.45, 7) is 0.735. The van der Waals surface area contributed by atoms with Gasteiger partial charge in [0.25, 0.3) is 5.91 Å². The largest absolute Gasteiger partial charge is 0.451 e. The Hall–Kier alpha value is -2.84. The maximum atomic E-state index is 12.8.